The second-order valence-corrected chi connectivity index (χ2v) is 10.9. The van der Waals surface area contributed by atoms with Gasteiger partial charge in [0.25, 0.3) is 11.8 Å². The van der Waals surface area contributed by atoms with Crippen LogP contribution in [0.5, 0.6) is 5.75 Å². The van der Waals surface area contributed by atoms with E-state index in [1.54, 1.807) is 57.9 Å². The van der Waals surface area contributed by atoms with Gasteiger partial charge in [-0.15, -0.1) is 5.10 Å². The first-order chi connectivity index (χ1) is 21.3. The average molecular weight is 604 g/mol. The minimum absolute atomic E-state index is 0.000414. The van der Waals surface area contributed by atoms with E-state index in [4.69, 9.17) is 14.6 Å². The van der Waals surface area contributed by atoms with Gasteiger partial charge in [0.15, 0.2) is 12.2 Å². The van der Waals surface area contributed by atoms with Crippen molar-refractivity contribution in [1.82, 2.24) is 15.0 Å². The van der Waals surface area contributed by atoms with E-state index >= 15 is 0 Å². The number of ether oxygens (including phenoxy) is 2. The number of rotatable bonds is 13. The molecule has 12 nitrogen and oxygen atoms in total. The number of amides is 2. The fourth-order valence-corrected chi connectivity index (χ4v) is 5.65. The van der Waals surface area contributed by atoms with E-state index < -0.39 is 17.4 Å². The third kappa shape index (κ3) is 6.08. The number of benzene rings is 2. The molecule has 2 N–H and O–H groups in total. The van der Waals surface area contributed by atoms with Gasteiger partial charge in [-0.05, 0) is 49.6 Å². The number of fused-ring (bicyclic) bond motifs is 2. The first-order valence-electron chi connectivity index (χ1n) is 14.7. The molecule has 0 unspecified atom stereocenters. The number of aryl methyl sites for hydroxylation is 1. The van der Waals surface area contributed by atoms with Crippen LogP contribution in [-0.4, -0.2) is 69.9 Å². The van der Waals surface area contributed by atoms with Crippen LogP contribution < -0.4 is 14.5 Å². The maximum atomic E-state index is 14.0. The van der Waals surface area contributed by atoms with Crippen LogP contribution in [0.3, 0.4) is 0 Å². The zero-order valence-corrected chi connectivity index (χ0v) is 24.9. The molecule has 5 rings (SSSR count). The maximum Gasteiger partial charge on any atom is 0.305 e. The Bertz CT molecular complexity index is 1550. The summed E-state index contributed by atoms with van der Waals surface area (Å²) in [5.41, 5.74) is 0.889. The van der Waals surface area contributed by atoms with Gasteiger partial charge < -0.3 is 24.6 Å². The molecule has 1 aromatic heterocycles. The first kappa shape index (κ1) is 30.9. The lowest BCUT2D eigenvalue weighted by Gasteiger charge is -2.31. The number of esters is 1. The number of methoxy groups -OCH3 is 1. The Balaban J connectivity index is 1.42. The fraction of sp³-hybridized carbons (Fsp3) is 0.406. The van der Waals surface area contributed by atoms with Crippen LogP contribution in [0.4, 0.5) is 17.1 Å². The number of carbonyl (C=O) groups is 3. The van der Waals surface area contributed by atoms with Crippen LogP contribution in [0.15, 0.2) is 60.8 Å². The molecule has 3 aromatic rings. The summed E-state index contributed by atoms with van der Waals surface area (Å²) in [6, 6.07) is 12.5. The lowest BCUT2D eigenvalue weighted by Crippen LogP contribution is -2.44. The predicted octanol–water partition coefficient (Wildman–Crippen LogP) is 3.03. The van der Waals surface area contributed by atoms with E-state index in [1.807, 2.05) is 24.3 Å². The van der Waals surface area contributed by atoms with Crippen molar-refractivity contribution in [2.24, 2.45) is 5.92 Å². The lowest BCUT2D eigenvalue weighted by molar-refractivity contribution is -0.140. The number of para-hydroxylation sites is 2. The number of allylic oxidation sites excluding steroid dienone is 1. The zero-order valence-electron chi connectivity index (χ0n) is 24.9. The molecule has 12 heteroatoms. The smallest absolute Gasteiger partial charge is 0.305 e. The molecule has 0 saturated heterocycles. The minimum Gasteiger partial charge on any atom is -0.482 e. The summed E-state index contributed by atoms with van der Waals surface area (Å²) in [4.78, 5) is 41.8. The summed E-state index contributed by atoms with van der Waals surface area (Å²) in [5.74, 6) is -1.09. The number of unbranched alkanes of at least 4 members (excludes halogenated alkanes) is 1. The van der Waals surface area contributed by atoms with Crippen LogP contribution in [-0.2, 0) is 37.7 Å². The number of aliphatic hydroxyl groups is 2. The Kier molecular flexibility index (Phi) is 9.40. The van der Waals surface area contributed by atoms with E-state index in [1.165, 1.54) is 7.11 Å². The second-order valence-electron chi connectivity index (χ2n) is 10.9. The van der Waals surface area contributed by atoms with Gasteiger partial charge in [-0.25, -0.2) is 0 Å². The number of nitrogens with zero attached hydrogens (tertiary/aromatic N) is 5. The van der Waals surface area contributed by atoms with E-state index in [0.29, 0.717) is 72.8 Å². The molecule has 44 heavy (non-hydrogen) atoms. The highest BCUT2D eigenvalue weighted by atomic mass is 16.5. The Morgan fingerprint density at radius 1 is 1.16 bits per heavy atom. The van der Waals surface area contributed by atoms with Crippen molar-refractivity contribution < 1.29 is 34.1 Å². The minimum atomic E-state index is -1.89. The van der Waals surface area contributed by atoms with Crippen molar-refractivity contribution in [1.29, 1.82) is 0 Å². The molecule has 0 bridgehead atoms. The molecule has 0 aliphatic carbocycles. The highest BCUT2D eigenvalue weighted by Crippen LogP contribution is 2.48. The van der Waals surface area contributed by atoms with E-state index in [2.05, 4.69) is 10.3 Å². The SMILES string of the molecule is COC(=O)CCCCN1C(=O)[C@](O)([C@H](C)/C=C/CCn2cc(CCO)nn2)c2cc(N3C(=O)COc4ccccc43)ccc21. The molecule has 3 heterocycles. The summed E-state index contributed by atoms with van der Waals surface area (Å²) in [5, 5.41) is 29.4. The van der Waals surface area contributed by atoms with Crippen molar-refractivity contribution in [3.63, 3.8) is 0 Å². The quantitative estimate of drug-likeness (QED) is 0.171. The van der Waals surface area contributed by atoms with Gasteiger partial charge in [0.2, 0.25) is 0 Å². The van der Waals surface area contributed by atoms with Crippen LogP contribution in [0.25, 0.3) is 0 Å². The molecule has 232 valence electrons. The average Bonchev–Trinajstić information content (AvgIpc) is 3.57. The van der Waals surface area contributed by atoms with Gasteiger partial charge in [0.1, 0.15) is 5.75 Å². The van der Waals surface area contributed by atoms with Crippen LogP contribution >= 0.6 is 0 Å². The molecule has 2 aromatic carbocycles. The molecule has 0 radical (unpaired) electrons. The fourth-order valence-electron chi connectivity index (χ4n) is 5.65. The highest BCUT2D eigenvalue weighted by Gasteiger charge is 2.52. The van der Waals surface area contributed by atoms with E-state index in [9.17, 15) is 19.5 Å². The van der Waals surface area contributed by atoms with Crippen molar-refractivity contribution in [2.75, 3.05) is 36.7 Å². The van der Waals surface area contributed by atoms with Crippen LogP contribution in [0.2, 0.25) is 0 Å². The van der Waals surface area contributed by atoms with Crippen LogP contribution in [0, 0.1) is 5.92 Å². The molecule has 2 atom stereocenters. The zero-order chi connectivity index (χ0) is 31.3. The molecular formula is C32H37N5O7. The Labute approximate surface area is 255 Å². The largest absolute Gasteiger partial charge is 0.482 e. The summed E-state index contributed by atoms with van der Waals surface area (Å²) in [7, 11) is 1.34. The second kappa shape index (κ2) is 13.4. The molecule has 0 saturated carbocycles. The van der Waals surface area contributed by atoms with Crippen molar-refractivity contribution in [2.45, 2.75) is 51.2 Å². The molecule has 2 amide bonds. The highest BCUT2D eigenvalue weighted by molar-refractivity contribution is 6.09. The van der Waals surface area contributed by atoms with Gasteiger partial charge in [0, 0.05) is 55.9 Å². The Morgan fingerprint density at radius 3 is 2.77 bits per heavy atom. The standard InChI is InChI=1S/C32H37N5O7/c1-22(9-5-7-16-35-20-23(15-18-38)33-34-35)32(42)25-19-24(37-27-10-3-4-11-28(27)44-21-29(37)39)13-14-26(25)36(31(32)41)17-8-6-12-30(40)43-2/h3-5,9-11,13-14,19-20,22,38,42H,6-8,12,15-18,21H2,1-2H3/b9-5+/t22-,32+/m1/s1. The Hall–Kier alpha value is -4.55. The summed E-state index contributed by atoms with van der Waals surface area (Å²) >= 11 is 0. The third-order valence-corrected chi connectivity index (χ3v) is 8.02. The topological polar surface area (TPSA) is 147 Å². The maximum absolute atomic E-state index is 14.0. The van der Waals surface area contributed by atoms with Crippen molar-refractivity contribution >= 4 is 34.8 Å². The van der Waals surface area contributed by atoms with Crippen LogP contribution in [0.1, 0.15) is 43.9 Å². The number of hydrogen-bond donors (Lipinski definition) is 2. The molecule has 2 aliphatic rings. The summed E-state index contributed by atoms with van der Waals surface area (Å²) < 4.78 is 12.0. The summed E-state index contributed by atoms with van der Waals surface area (Å²) in [6.45, 7) is 2.51. The van der Waals surface area contributed by atoms with Crippen molar-refractivity contribution in [3.05, 3.63) is 72.1 Å². The summed E-state index contributed by atoms with van der Waals surface area (Å²) in [6.07, 6.45) is 7.81. The normalized spacial score (nSPS) is 18.4. The van der Waals surface area contributed by atoms with Gasteiger partial charge in [0.05, 0.1) is 24.2 Å². The number of anilines is 3. The third-order valence-electron chi connectivity index (χ3n) is 8.02. The monoisotopic (exact) mass is 603 g/mol. The van der Waals surface area contributed by atoms with Gasteiger partial charge >= 0.3 is 5.97 Å². The lowest BCUT2D eigenvalue weighted by atomic mass is 9.82. The number of aliphatic hydroxyl groups excluding tert-OH is 1. The molecule has 0 fully saturated rings. The predicted molar refractivity (Wildman–Crippen MR) is 161 cm³/mol. The van der Waals surface area contributed by atoms with Crippen molar-refractivity contribution in [3.8, 4) is 5.75 Å². The number of hydrogen-bond acceptors (Lipinski definition) is 9. The van der Waals surface area contributed by atoms with Gasteiger partial charge in [-0.3, -0.25) is 24.0 Å². The van der Waals surface area contributed by atoms with E-state index in [-0.39, 0.29) is 31.5 Å². The number of carbonyl (C=O) groups excluding carboxylic acids is 3. The van der Waals surface area contributed by atoms with E-state index in [0.717, 1.165) is 0 Å². The first-order valence-corrected chi connectivity index (χ1v) is 14.7. The molecule has 0 spiro atoms. The number of aromatic nitrogens is 3. The molecular weight excluding hydrogens is 566 g/mol. The Morgan fingerprint density at radius 2 is 1.98 bits per heavy atom. The van der Waals surface area contributed by atoms with Gasteiger partial charge in [-0.2, -0.15) is 0 Å². The molecule has 2 aliphatic heterocycles. The van der Waals surface area contributed by atoms with Gasteiger partial charge in [-0.1, -0.05) is 36.4 Å².